The molecule has 0 heterocycles. The van der Waals surface area contributed by atoms with Crippen molar-refractivity contribution in [2.24, 2.45) is 21.5 Å². The molecule has 154 valence electrons. The average Bonchev–Trinajstić information content (AvgIpc) is 2.62. The van der Waals surface area contributed by atoms with Gasteiger partial charge in [-0.1, -0.05) is 0 Å². The topological polar surface area (TPSA) is 130 Å². The highest BCUT2D eigenvalue weighted by Crippen LogP contribution is 2.16. The summed E-state index contributed by atoms with van der Waals surface area (Å²) >= 11 is 0. The summed E-state index contributed by atoms with van der Waals surface area (Å²) in [7, 11) is 0. The number of nitrogens with zero attached hydrogens (tertiary/aromatic N) is 2. The van der Waals surface area contributed by atoms with Crippen molar-refractivity contribution >= 4 is 34.9 Å². The van der Waals surface area contributed by atoms with Crippen LogP contribution in [0, 0.1) is 0 Å². The minimum atomic E-state index is -0.207. The third-order valence-electron chi connectivity index (χ3n) is 3.63. The van der Waals surface area contributed by atoms with Gasteiger partial charge in [-0.3, -0.25) is 14.8 Å². The lowest BCUT2D eigenvalue weighted by Crippen LogP contribution is -2.24. The fraction of sp³-hybridized carbons (Fsp3) is 0.286. The molecule has 0 saturated heterocycles. The van der Waals surface area contributed by atoms with E-state index >= 15 is 0 Å². The van der Waals surface area contributed by atoms with Gasteiger partial charge < -0.3 is 27.4 Å². The second-order valence-electron chi connectivity index (χ2n) is 7.08. The number of anilines is 3. The number of benzene rings is 2. The predicted molar refractivity (Wildman–Crippen MR) is 122 cm³/mol. The highest BCUT2D eigenvalue weighted by Gasteiger charge is 2.07. The molecule has 8 heteroatoms. The number of carbonyl (C=O) groups is 1. The average molecular weight is 396 g/mol. The minimum Gasteiger partial charge on any atom is -0.370 e. The first-order valence-electron chi connectivity index (χ1n) is 9.45. The van der Waals surface area contributed by atoms with E-state index in [1.54, 1.807) is 36.4 Å². The van der Waals surface area contributed by atoms with Crippen molar-refractivity contribution in [3.8, 4) is 0 Å². The Hall–Kier alpha value is -3.55. The molecule has 0 fully saturated rings. The highest BCUT2D eigenvalue weighted by molar-refractivity contribution is 6.05. The Morgan fingerprint density at radius 2 is 1.03 bits per heavy atom. The molecule has 0 saturated carbocycles. The van der Waals surface area contributed by atoms with Gasteiger partial charge in [-0.25, -0.2) is 0 Å². The van der Waals surface area contributed by atoms with Crippen molar-refractivity contribution in [3.63, 3.8) is 0 Å². The summed E-state index contributed by atoms with van der Waals surface area (Å²) in [4.78, 5) is 20.9. The molecule has 29 heavy (non-hydrogen) atoms. The molecule has 0 atom stereocenters. The van der Waals surface area contributed by atoms with Crippen LogP contribution in [0.1, 0.15) is 38.1 Å². The number of hydrogen-bond donors (Lipinski definition) is 5. The van der Waals surface area contributed by atoms with Crippen LogP contribution in [-0.4, -0.2) is 29.9 Å². The lowest BCUT2D eigenvalue weighted by atomic mass is 10.2. The van der Waals surface area contributed by atoms with Gasteiger partial charge in [-0.2, -0.15) is 0 Å². The quantitative estimate of drug-likeness (QED) is 0.379. The molecular weight excluding hydrogens is 366 g/mol. The lowest BCUT2D eigenvalue weighted by molar-refractivity contribution is 0.102. The van der Waals surface area contributed by atoms with E-state index in [1.165, 1.54) is 0 Å². The largest absolute Gasteiger partial charge is 0.370 e. The smallest absolute Gasteiger partial charge is 0.255 e. The summed E-state index contributed by atoms with van der Waals surface area (Å²) in [5.41, 5.74) is 14.4. The third kappa shape index (κ3) is 7.53. The van der Waals surface area contributed by atoms with Gasteiger partial charge in [-0.15, -0.1) is 0 Å². The van der Waals surface area contributed by atoms with Crippen LogP contribution in [0.25, 0.3) is 0 Å². The molecule has 2 aromatic rings. The van der Waals surface area contributed by atoms with Crippen LogP contribution in [0.2, 0.25) is 0 Å². The first-order chi connectivity index (χ1) is 13.7. The molecule has 1 amide bonds. The Morgan fingerprint density at radius 1 is 0.690 bits per heavy atom. The standard InChI is InChI=1S/C21H29N7O/c1-13(2)24-20(22)27-17-7-5-15(6-8-17)19(29)26-16-9-11-18(12-10-16)28-21(23)25-14(3)4/h5-14H,1-4H3,(H,26,29)(H3,22,24,27)(H3,23,25,28). The second-order valence-corrected chi connectivity index (χ2v) is 7.08. The third-order valence-corrected chi connectivity index (χ3v) is 3.63. The Morgan fingerprint density at radius 3 is 1.41 bits per heavy atom. The SMILES string of the molecule is CC(C)N=C(N)Nc1ccc(NC(=O)c2ccc(NC(N)=NC(C)C)cc2)cc1. The molecule has 0 aromatic heterocycles. The maximum Gasteiger partial charge on any atom is 0.255 e. The van der Waals surface area contributed by atoms with Gasteiger partial charge in [0.25, 0.3) is 5.91 Å². The van der Waals surface area contributed by atoms with Crippen LogP contribution in [0.5, 0.6) is 0 Å². The highest BCUT2D eigenvalue weighted by atomic mass is 16.1. The van der Waals surface area contributed by atoms with Crippen molar-refractivity contribution in [1.29, 1.82) is 0 Å². The molecule has 2 rings (SSSR count). The molecule has 0 aliphatic heterocycles. The Labute approximate surface area is 171 Å². The molecule has 2 aromatic carbocycles. The Kier molecular flexibility index (Phi) is 7.59. The number of amides is 1. The van der Waals surface area contributed by atoms with Gasteiger partial charge in [0, 0.05) is 34.7 Å². The van der Waals surface area contributed by atoms with E-state index in [9.17, 15) is 4.79 Å². The molecular formula is C21H29N7O. The van der Waals surface area contributed by atoms with E-state index in [1.807, 2.05) is 39.8 Å². The molecule has 0 radical (unpaired) electrons. The van der Waals surface area contributed by atoms with Crippen LogP contribution in [-0.2, 0) is 0 Å². The number of nitrogens with two attached hydrogens (primary N) is 2. The van der Waals surface area contributed by atoms with Crippen LogP contribution in [0.15, 0.2) is 58.5 Å². The molecule has 0 aliphatic rings. The second kappa shape index (κ2) is 10.1. The van der Waals surface area contributed by atoms with Crippen LogP contribution in [0.3, 0.4) is 0 Å². The molecule has 0 unspecified atom stereocenters. The molecule has 0 bridgehead atoms. The van der Waals surface area contributed by atoms with E-state index in [0.29, 0.717) is 23.2 Å². The molecule has 7 N–H and O–H groups in total. The number of rotatable bonds is 6. The zero-order valence-corrected chi connectivity index (χ0v) is 17.2. The maximum atomic E-state index is 12.4. The van der Waals surface area contributed by atoms with E-state index in [4.69, 9.17) is 11.5 Å². The van der Waals surface area contributed by atoms with Crippen LogP contribution in [0.4, 0.5) is 17.1 Å². The van der Waals surface area contributed by atoms with E-state index in [0.717, 1.165) is 11.4 Å². The van der Waals surface area contributed by atoms with Gasteiger partial charge in [-0.05, 0) is 76.2 Å². The van der Waals surface area contributed by atoms with E-state index < -0.39 is 0 Å². The molecule has 0 aliphatic carbocycles. The predicted octanol–water partition coefficient (Wildman–Crippen LogP) is 3.21. The fourth-order valence-electron chi connectivity index (χ4n) is 2.46. The van der Waals surface area contributed by atoms with E-state index in [2.05, 4.69) is 25.9 Å². The normalized spacial score (nSPS) is 12.2. The van der Waals surface area contributed by atoms with Gasteiger partial charge in [0.05, 0.1) is 0 Å². The summed E-state index contributed by atoms with van der Waals surface area (Å²) in [6.45, 7) is 7.78. The summed E-state index contributed by atoms with van der Waals surface area (Å²) in [6.07, 6.45) is 0. The van der Waals surface area contributed by atoms with Crippen molar-refractivity contribution in [2.45, 2.75) is 39.8 Å². The number of guanidine groups is 2. The monoisotopic (exact) mass is 395 g/mol. The van der Waals surface area contributed by atoms with Crippen molar-refractivity contribution < 1.29 is 4.79 Å². The summed E-state index contributed by atoms with van der Waals surface area (Å²) in [5.74, 6) is 0.483. The Balaban J connectivity index is 1.96. The van der Waals surface area contributed by atoms with Crippen molar-refractivity contribution in [3.05, 3.63) is 54.1 Å². The number of carbonyl (C=O) groups excluding carboxylic acids is 1. The summed E-state index contributed by atoms with van der Waals surface area (Å²) in [6, 6.07) is 14.4. The number of hydrogen-bond acceptors (Lipinski definition) is 3. The Bertz CT molecular complexity index is 869. The van der Waals surface area contributed by atoms with E-state index in [-0.39, 0.29) is 18.0 Å². The first-order valence-corrected chi connectivity index (χ1v) is 9.45. The van der Waals surface area contributed by atoms with Crippen LogP contribution >= 0.6 is 0 Å². The van der Waals surface area contributed by atoms with Crippen molar-refractivity contribution in [1.82, 2.24) is 0 Å². The fourth-order valence-corrected chi connectivity index (χ4v) is 2.46. The zero-order valence-electron chi connectivity index (χ0n) is 17.2. The number of nitrogens with one attached hydrogen (secondary N) is 3. The zero-order chi connectivity index (χ0) is 21.4. The molecule has 8 nitrogen and oxygen atoms in total. The maximum absolute atomic E-state index is 12.4. The summed E-state index contributed by atoms with van der Waals surface area (Å²) in [5, 5.41) is 8.86. The van der Waals surface area contributed by atoms with Crippen LogP contribution < -0.4 is 27.4 Å². The summed E-state index contributed by atoms with van der Waals surface area (Å²) < 4.78 is 0. The van der Waals surface area contributed by atoms with Gasteiger partial charge in [0.15, 0.2) is 11.9 Å². The number of aliphatic imine (C=N–C) groups is 2. The first kappa shape index (κ1) is 21.7. The molecule has 0 spiro atoms. The van der Waals surface area contributed by atoms with Gasteiger partial charge in [0.1, 0.15) is 0 Å². The lowest BCUT2D eigenvalue weighted by Gasteiger charge is -2.10. The van der Waals surface area contributed by atoms with Crippen molar-refractivity contribution in [2.75, 3.05) is 16.0 Å². The van der Waals surface area contributed by atoms with Gasteiger partial charge >= 0.3 is 0 Å². The minimum absolute atomic E-state index is 0.105. The van der Waals surface area contributed by atoms with Gasteiger partial charge in [0.2, 0.25) is 0 Å².